The van der Waals surface area contributed by atoms with Crippen molar-refractivity contribution in [2.24, 2.45) is 0 Å². The number of carbonyl (C=O) groups excluding carboxylic acids is 2. The molecule has 0 unspecified atom stereocenters. The van der Waals surface area contributed by atoms with Gasteiger partial charge in [-0.1, -0.05) is 12.1 Å². The topological polar surface area (TPSA) is 96.5 Å². The molecule has 0 aliphatic carbocycles. The summed E-state index contributed by atoms with van der Waals surface area (Å²) < 4.78 is 0. The zero-order chi connectivity index (χ0) is 16.8. The van der Waals surface area contributed by atoms with Gasteiger partial charge in [-0.05, 0) is 36.4 Å². The fourth-order valence-electron chi connectivity index (χ4n) is 1.96. The molecule has 0 saturated heterocycles. The third-order valence-electron chi connectivity index (χ3n) is 2.81. The van der Waals surface area contributed by atoms with Gasteiger partial charge < -0.3 is 26.4 Å². The van der Waals surface area contributed by atoms with Gasteiger partial charge in [-0.2, -0.15) is 0 Å². The molecule has 0 bridgehead atoms. The molecule has 23 heavy (non-hydrogen) atoms. The number of nitrogens with one attached hydrogen (secondary N) is 3. The molecule has 0 spiro atoms. The predicted molar refractivity (Wildman–Crippen MR) is 91.0 cm³/mol. The minimum Gasteiger partial charge on any atom is -0.739 e. The lowest BCUT2D eigenvalue weighted by Crippen LogP contribution is -2.22. The normalized spacial score (nSPS) is 9.87. The lowest BCUT2D eigenvalue weighted by atomic mass is 10.2. The van der Waals surface area contributed by atoms with Crippen molar-refractivity contribution < 1.29 is 9.59 Å². The zero-order valence-electron chi connectivity index (χ0n) is 12.8. The molecule has 3 N–H and O–H groups in total. The van der Waals surface area contributed by atoms with Crippen molar-refractivity contribution in [2.75, 3.05) is 21.2 Å². The van der Waals surface area contributed by atoms with Crippen LogP contribution in [-0.4, -0.2) is 11.8 Å². The van der Waals surface area contributed by atoms with Crippen molar-refractivity contribution in [2.45, 2.75) is 13.8 Å². The molecule has 7 heteroatoms. The van der Waals surface area contributed by atoms with Crippen molar-refractivity contribution >= 4 is 34.6 Å². The van der Waals surface area contributed by atoms with Gasteiger partial charge in [0.2, 0.25) is 11.8 Å². The van der Waals surface area contributed by atoms with Crippen LogP contribution < -0.4 is 21.2 Å². The highest BCUT2D eigenvalue weighted by molar-refractivity contribution is 5.90. The monoisotopic (exact) mass is 313 g/mol. The smallest absolute Gasteiger partial charge is 0.221 e. The fourth-order valence-corrected chi connectivity index (χ4v) is 1.96. The molecule has 0 fully saturated rings. The third kappa shape index (κ3) is 5.01. The average Bonchev–Trinajstić information content (AvgIpc) is 2.46. The summed E-state index contributed by atoms with van der Waals surface area (Å²) in [7, 11) is 0. The number of nitrogens with zero attached hydrogens (tertiary/aromatic N) is 1. The molecule has 2 aromatic carbocycles. The molecular weight excluding hydrogens is 296 g/mol. The summed E-state index contributed by atoms with van der Waals surface area (Å²) in [5, 5.41) is 18.0. The lowest BCUT2D eigenvalue weighted by molar-refractivity contribution is -0.115. The molecule has 0 atom stereocenters. The van der Waals surface area contributed by atoms with Gasteiger partial charge in [0, 0.05) is 30.9 Å². The van der Waals surface area contributed by atoms with Gasteiger partial charge >= 0.3 is 0 Å². The molecule has 2 amide bonds. The molecule has 7 nitrogen and oxygen atoms in total. The molecule has 2 aromatic rings. The number of benzene rings is 2. The maximum atomic E-state index is 12.2. The van der Waals surface area contributed by atoms with Crippen LogP contribution in [-0.2, 0) is 9.59 Å². The van der Waals surface area contributed by atoms with E-state index in [0.717, 1.165) is 0 Å². The van der Waals surface area contributed by atoms with Gasteiger partial charge in [0.25, 0.3) is 0 Å². The zero-order valence-corrected chi connectivity index (χ0v) is 12.8. The Bertz CT molecular complexity index is 718. The Labute approximate surface area is 133 Å². The van der Waals surface area contributed by atoms with E-state index >= 15 is 0 Å². The van der Waals surface area contributed by atoms with Crippen LogP contribution in [0.3, 0.4) is 0 Å². The maximum absolute atomic E-state index is 12.2. The van der Waals surface area contributed by atoms with E-state index in [1.165, 1.54) is 13.8 Å². The van der Waals surface area contributed by atoms with Gasteiger partial charge in [0.05, 0.1) is 5.69 Å². The molecule has 0 heterocycles. The van der Waals surface area contributed by atoms with Crippen LogP contribution >= 0.6 is 0 Å². The van der Waals surface area contributed by atoms with Gasteiger partial charge in [-0.25, -0.2) is 0 Å². The van der Waals surface area contributed by atoms with Gasteiger partial charge in [-0.3, -0.25) is 9.59 Å². The molecule has 0 aromatic heterocycles. The quantitative estimate of drug-likeness (QED) is 0.737. The van der Waals surface area contributed by atoms with E-state index in [1.807, 2.05) is 0 Å². The Balaban J connectivity index is 2.11. The minimum absolute atomic E-state index is 0.191. The molecule has 0 radical (unpaired) electrons. The van der Waals surface area contributed by atoms with E-state index in [1.54, 1.807) is 48.5 Å². The summed E-state index contributed by atoms with van der Waals surface area (Å²) in [6.07, 6.45) is 0. The van der Waals surface area contributed by atoms with E-state index in [9.17, 15) is 14.8 Å². The second kappa shape index (κ2) is 7.28. The molecule has 0 aliphatic rings. The molecule has 0 aliphatic heterocycles. The van der Waals surface area contributed by atoms with Crippen LogP contribution in [0.5, 0.6) is 0 Å². The van der Waals surface area contributed by atoms with Crippen LogP contribution in [0.2, 0.25) is 0 Å². The van der Waals surface area contributed by atoms with E-state index in [-0.39, 0.29) is 11.8 Å². The van der Waals surface area contributed by atoms with Crippen molar-refractivity contribution in [3.05, 3.63) is 53.7 Å². The predicted octanol–water partition coefficient (Wildman–Crippen LogP) is 2.93. The molecular formula is C16H17N4O3-. The van der Waals surface area contributed by atoms with Crippen molar-refractivity contribution in [3.8, 4) is 0 Å². The Kier molecular flexibility index (Phi) is 5.16. The number of carbonyl (C=O) groups is 2. The van der Waals surface area contributed by atoms with Crippen LogP contribution in [0.15, 0.2) is 48.5 Å². The second-order valence-corrected chi connectivity index (χ2v) is 4.90. The van der Waals surface area contributed by atoms with E-state index in [0.29, 0.717) is 27.9 Å². The summed E-state index contributed by atoms with van der Waals surface area (Å²) in [6.45, 7) is 2.81. The number of rotatable bonds is 5. The Morgan fingerprint density at radius 2 is 1.39 bits per heavy atom. The number of amides is 2. The molecule has 120 valence electrons. The first-order chi connectivity index (χ1) is 10.9. The summed E-state index contributed by atoms with van der Waals surface area (Å²) >= 11 is 0. The van der Waals surface area contributed by atoms with E-state index in [2.05, 4.69) is 16.1 Å². The average molecular weight is 313 g/mol. The largest absolute Gasteiger partial charge is 0.739 e. The summed E-state index contributed by atoms with van der Waals surface area (Å²) in [4.78, 5) is 22.1. The van der Waals surface area contributed by atoms with Crippen molar-refractivity contribution in [1.82, 2.24) is 0 Å². The van der Waals surface area contributed by atoms with Gasteiger partial charge in [0.1, 0.15) is 0 Å². The number of hydrogen-bond donors (Lipinski definition) is 3. The maximum Gasteiger partial charge on any atom is 0.221 e. The highest BCUT2D eigenvalue weighted by Crippen LogP contribution is 2.21. The standard InChI is InChI=1S/C16H17N4O3/c1-11(21)17-13-5-3-7-15(9-13)19-20(23)16-8-4-6-14(10-16)18-12(2)22/h3-10,19H,1-2H3,(H,17,21)(H,18,22)/q-1. The van der Waals surface area contributed by atoms with Crippen LogP contribution in [0.1, 0.15) is 13.8 Å². The summed E-state index contributed by atoms with van der Waals surface area (Å²) in [5.74, 6) is -0.403. The fraction of sp³-hybridized carbons (Fsp3) is 0.125. The number of hydrazine groups is 1. The SMILES string of the molecule is CC(=O)Nc1cccc(NN([O-])c2cccc(NC(C)=O)c2)c1. The first-order valence-corrected chi connectivity index (χ1v) is 6.93. The minimum atomic E-state index is -0.212. The Morgan fingerprint density at radius 1 is 0.870 bits per heavy atom. The Morgan fingerprint density at radius 3 is 2.00 bits per heavy atom. The number of anilines is 4. The summed E-state index contributed by atoms with van der Waals surface area (Å²) in [5.41, 5.74) is 4.64. The summed E-state index contributed by atoms with van der Waals surface area (Å²) in [6, 6.07) is 13.3. The number of hydrogen-bond acceptors (Lipinski definition) is 5. The first-order valence-electron chi connectivity index (χ1n) is 6.93. The van der Waals surface area contributed by atoms with Crippen molar-refractivity contribution in [1.29, 1.82) is 0 Å². The van der Waals surface area contributed by atoms with E-state index < -0.39 is 0 Å². The first kappa shape index (κ1) is 16.3. The van der Waals surface area contributed by atoms with Crippen LogP contribution in [0.25, 0.3) is 0 Å². The second-order valence-electron chi connectivity index (χ2n) is 4.90. The van der Waals surface area contributed by atoms with Crippen LogP contribution in [0.4, 0.5) is 22.7 Å². The lowest BCUT2D eigenvalue weighted by Gasteiger charge is -2.32. The van der Waals surface area contributed by atoms with Crippen molar-refractivity contribution in [3.63, 3.8) is 0 Å². The van der Waals surface area contributed by atoms with E-state index in [4.69, 9.17) is 0 Å². The Hall–Kier alpha value is -3.06. The van der Waals surface area contributed by atoms with Gasteiger partial charge in [0.15, 0.2) is 0 Å². The van der Waals surface area contributed by atoms with Gasteiger partial charge in [-0.15, -0.1) is 0 Å². The molecule has 0 saturated carbocycles. The molecule has 2 rings (SSSR count). The van der Waals surface area contributed by atoms with Crippen LogP contribution in [0, 0.1) is 5.21 Å². The third-order valence-corrected chi connectivity index (χ3v) is 2.81. The highest BCUT2D eigenvalue weighted by atomic mass is 16.5. The highest BCUT2D eigenvalue weighted by Gasteiger charge is 2.02.